The molecule has 118 valence electrons. The van der Waals surface area contributed by atoms with Crippen molar-refractivity contribution in [1.82, 2.24) is 15.2 Å². The van der Waals surface area contributed by atoms with Gasteiger partial charge in [0.1, 0.15) is 0 Å². The number of aromatic nitrogens is 1. The van der Waals surface area contributed by atoms with E-state index in [1.807, 2.05) is 6.07 Å². The second-order valence-electron chi connectivity index (χ2n) is 6.30. The molecule has 1 aliphatic carbocycles. The summed E-state index contributed by atoms with van der Waals surface area (Å²) in [6.07, 6.45) is 5.98. The molecule has 22 heavy (non-hydrogen) atoms. The number of rotatable bonds is 3. The third-order valence-corrected chi connectivity index (χ3v) is 4.90. The summed E-state index contributed by atoms with van der Waals surface area (Å²) in [4.78, 5) is 12.1. The molecule has 1 aromatic carbocycles. The molecule has 4 heteroatoms. The molecule has 0 atom stereocenters. The fourth-order valence-electron chi connectivity index (χ4n) is 3.47. The Kier molecular flexibility index (Phi) is 4.36. The number of carbonyl (C=O) groups is 1. The summed E-state index contributed by atoms with van der Waals surface area (Å²) in [7, 11) is 2.07. The molecular formula is C18H25N3O. The van der Waals surface area contributed by atoms with E-state index in [-0.39, 0.29) is 6.03 Å². The van der Waals surface area contributed by atoms with Gasteiger partial charge in [0.05, 0.1) is 0 Å². The number of urea groups is 1. The lowest BCUT2D eigenvalue weighted by Crippen LogP contribution is -2.42. The first-order chi connectivity index (χ1) is 10.7. The number of hydrogen-bond donors (Lipinski definition) is 2. The highest BCUT2D eigenvalue weighted by Crippen LogP contribution is 2.24. The van der Waals surface area contributed by atoms with Gasteiger partial charge in [-0.05, 0) is 31.4 Å². The zero-order chi connectivity index (χ0) is 15.5. The van der Waals surface area contributed by atoms with E-state index in [2.05, 4.69) is 47.4 Å². The van der Waals surface area contributed by atoms with E-state index in [1.165, 1.54) is 41.4 Å². The first kappa shape index (κ1) is 14.9. The minimum absolute atomic E-state index is 0.0424. The molecular weight excluding hydrogens is 274 g/mol. The van der Waals surface area contributed by atoms with Crippen LogP contribution in [0.15, 0.2) is 24.3 Å². The number of hydrogen-bond acceptors (Lipinski definition) is 1. The number of fused-ring (bicyclic) bond motifs is 1. The van der Waals surface area contributed by atoms with Crippen molar-refractivity contribution in [3.8, 4) is 0 Å². The molecule has 0 aliphatic heterocycles. The summed E-state index contributed by atoms with van der Waals surface area (Å²) >= 11 is 0. The van der Waals surface area contributed by atoms with Crippen LogP contribution in [0.2, 0.25) is 0 Å². The van der Waals surface area contributed by atoms with Crippen LogP contribution in [0.3, 0.4) is 0 Å². The maximum Gasteiger partial charge on any atom is 0.315 e. The van der Waals surface area contributed by atoms with Gasteiger partial charge in [0.25, 0.3) is 0 Å². The zero-order valence-corrected chi connectivity index (χ0v) is 13.5. The average molecular weight is 299 g/mol. The van der Waals surface area contributed by atoms with E-state index >= 15 is 0 Å². The SMILES string of the molecule is Cc1c(CNC(=O)NC2CCCCC2)c2ccccc2n1C. The van der Waals surface area contributed by atoms with E-state index in [0.717, 1.165) is 12.8 Å². The lowest BCUT2D eigenvalue weighted by Gasteiger charge is -2.22. The third kappa shape index (κ3) is 2.96. The van der Waals surface area contributed by atoms with Crippen LogP contribution in [-0.2, 0) is 13.6 Å². The standard InChI is InChI=1S/C18H25N3O/c1-13-16(15-10-6-7-11-17(15)21(13)2)12-19-18(22)20-14-8-4-3-5-9-14/h6-7,10-11,14H,3-5,8-9,12H2,1-2H3,(H2,19,20,22). The Morgan fingerprint density at radius 3 is 2.73 bits per heavy atom. The average Bonchev–Trinajstić information content (AvgIpc) is 2.78. The number of benzene rings is 1. The maximum atomic E-state index is 12.1. The highest BCUT2D eigenvalue weighted by Gasteiger charge is 2.16. The molecule has 2 amide bonds. The summed E-state index contributed by atoms with van der Waals surface area (Å²) in [5.41, 5.74) is 3.63. The second-order valence-corrected chi connectivity index (χ2v) is 6.30. The first-order valence-electron chi connectivity index (χ1n) is 8.24. The number of nitrogens with zero attached hydrogens (tertiary/aromatic N) is 1. The van der Waals surface area contributed by atoms with Crippen LogP contribution in [-0.4, -0.2) is 16.6 Å². The molecule has 1 saturated carbocycles. The van der Waals surface area contributed by atoms with E-state index in [9.17, 15) is 4.79 Å². The molecule has 0 radical (unpaired) electrons. The molecule has 4 nitrogen and oxygen atoms in total. The van der Waals surface area contributed by atoms with Gasteiger partial charge >= 0.3 is 6.03 Å². The fourth-order valence-corrected chi connectivity index (χ4v) is 3.47. The smallest absolute Gasteiger partial charge is 0.315 e. The van der Waals surface area contributed by atoms with Crippen molar-refractivity contribution >= 4 is 16.9 Å². The van der Waals surface area contributed by atoms with E-state index in [1.54, 1.807) is 0 Å². The lowest BCUT2D eigenvalue weighted by atomic mass is 9.96. The predicted molar refractivity (Wildman–Crippen MR) is 89.9 cm³/mol. The topological polar surface area (TPSA) is 46.1 Å². The number of carbonyl (C=O) groups excluding carboxylic acids is 1. The van der Waals surface area contributed by atoms with Gasteiger partial charge in [0.2, 0.25) is 0 Å². The summed E-state index contributed by atoms with van der Waals surface area (Å²) < 4.78 is 2.19. The van der Waals surface area contributed by atoms with Gasteiger partial charge < -0.3 is 15.2 Å². The Morgan fingerprint density at radius 2 is 1.95 bits per heavy atom. The molecule has 0 unspecified atom stereocenters. The van der Waals surface area contributed by atoms with Crippen molar-refractivity contribution < 1.29 is 4.79 Å². The van der Waals surface area contributed by atoms with E-state index < -0.39 is 0 Å². The van der Waals surface area contributed by atoms with E-state index in [0.29, 0.717) is 12.6 Å². The van der Waals surface area contributed by atoms with Gasteiger partial charge in [-0.15, -0.1) is 0 Å². The quantitative estimate of drug-likeness (QED) is 0.893. The van der Waals surface area contributed by atoms with Gasteiger partial charge in [0, 0.05) is 36.2 Å². The third-order valence-electron chi connectivity index (χ3n) is 4.90. The molecule has 1 aliphatic rings. The Balaban J connectivity index is 1.66. The van der Waals surface area contributed by atoms with Crippen molar-refractivity contribution in [2.45, 2.75) is 51.6 Å². The van der Waals surface area contributed by atoms with Crippen LogP contribution in [0.25, 0.3) is 10.9 Å². The normalized spacial score (nSPS) is 15.9. The van der Waals surface area contributed by atoms with Gasteiger partial charge in [-0.3, -0.25) is 0 Å². The fraction of sp³-hybridized carbons (Fsp3) is 0.500. The van der Waals surface area contributed by atoms with Crippen LogP contribution in [0.4, 0.5) is 4.79 Å². The van der Waals surface area contributed by atoms with Gasteiger partial charge in [-0.25, -0.2) is 4.79 Å². The molecule has 1 aromatic heterocycles. The number of aryl methyl sites for hydroxylation is 1. The summed E-state index contributed by atoms with van der Waals surface area (Å²) in [6.45, 7) is 2.68. The largest absolute Gasteiger partial charge is 0.348 e. The monoisotopic (exact) mass is 299 g/mol. The highest BCUT2D eigenvalue weighted by atomic mass is 16.2. The van der Waals surface area contributed by atoms with Crippen LogP contribution in [0.1, 0.15) is 43.4 Å². The van der Waals surface area contributed by atoms with Crippen molar-refractivity contribution in [2.24, 2.45) is 7.05 Å². The summed E-state index contributed by atoms with van der Waals surface area (Å²) in [5, 5.41) is 7.36. The molecule has 0 spiro atoms. The predicted octanol–water partition coefficient (Wildman–Crippen LogP) is 3.62. The van der Waals surface area contributed by atoms with Crippen molar-refractivity contribution in [3.05, 3.63) is 35.5 Å². The van der Waals surface area contributed by atoms with Crippen LogP contribution >= 0.6 is 0 Å². The Bertz CT molecular complexity index is 668. The minimum atomic E-state index is -0.0424. The van der Waals surface area contributed by atoms with Crippen LogP contribution in [0.5, 0.6) is 0 Å². The molecule has 3 rings (SSSR count). The van der Waals surface area contributed by atoms with Crippen LogP contribution < -0.4 is 10.6 Å². The van der Waals surface area contributed by atoms with Crippen molar-refractivity contribution in [1.29, 1.82) is 0 Å². The van der Waals surface area contributed by atoms with Gasteiger partial charge in [0.15, 0.2) is 0 Å². The lowest BCUT2D eigenvalue weighted by molar-refractivity contribution is 0.232. The first-order valence-corrected chi connectivity index (χ1v) is 8.24. The maximum absolute atomic E-state index is 12.1. The Morgan fingerprint density at radius 1 is 1.23 bits per heavy atom. The molecule has 2 aromatic rings. The van der Waals surface area contributed by atoms with Gasteiger partial charge in [-0.2, -0.15) is 0 Å². The van der Waals surface area contributed by atoms with Gasteiger partial charge in [-0.1, -0.05) is 37.5 Å². The molecule has 1 fully saturated rings. The number of nitrogens with one attached hydrogen (secondary N) is 2. The summed E-state index contributed by atoms with van der Waals surface area (Å²) in [6, 6.07) is 8.65. The van der Waals surface area contributed by atoms with Crippen molar-refractivity contribution in [2.75, 3.05) is 0 Å². The molecule has 0 bridgehead atoms. The number of amides is 2. The summed E-state index contributed by atoms with van der Waals surface area (Å²) in [5.74, 6) is 0. The second kappa shape index (κ2) is 6.42. The van der Waals surface area contributed by atoms with E-state index in [4.69, 9.17) is 0 Å². The zero-order valence-electron chi connectivity index (χ0n) is 13.5. The molecule has 1 heterocycles. The Hall–Kier alpha value is -1.97. The number of para-hydroxylation sites is 1. The minimum Gasteiger partial charge on any atom is -0.348 e. The van der Waals surface area contributed by atoms with Crippen molar-refractivity contribution in [3.63, 3.8) is 0 Å². The molecule has 2 N–H and O–H groups in total. The van der Waals surface area contributed by atoms with Crippen LogP contribution in [0, 0.1) is 6.92 Å². The Labute approximate surface area is 131 Å². The molecule has 0 saturated heterocycles. The highest BCUT2D eigenvalue weighted by molar-refractivity contribution is 5.86.